The third-order valence-corrected chi connectivity index (χ3v) is 6.32. The molecule has 2 aliphatic carbocycles. The van der Waals surface area contributed by atoms with E-state index in [0.717, 1.165) is 24.8 Å². The van der Waals surface area contributed by atoms with Gasteiger partial charge in [-0.1, -0.05) is 38.7 Å². The molecule has 3 rings (SSSR count). The van der Waals surface area contributed by atoms with Gasteiger partial charge < -0.3 is 4.74 Å². The number of alkyl halides is 3. The van der Waals surface area contributed by atoms with Crippen LogP contribution in [0, 0.1) is 29.4 Å². The molecule has 0 saturated heterocycles. The second kappa shape index (κ2) is 8.83. The number of hydrogen-bond donors (Lipinski definition) is 0. The van der Waals surface area contributed by atoms with E-state index in [1.54, 1.807) is 0 Å². The highest BCUT2D eigenvalue weighted by Crippen LogP contribution is 2.43. The van der Waals surface area contributed by atoms with Crippen molar-refractivity contribution >= 4 is 5.57 Å². The second-order valence-corrected chi connectivity index (χ2v) is 8.12. The first-order chi connectivity index (χ1) is 13.3. The molecule has 156 valence electrons. The van der Waals surface area contributed by atoms with E-state index in [9.17, 15) is 22.0 Å². The van der Waals surface area contributed by atoms with Crippen molar-refractivity contribution in [2.45, 2.75) is 71.1 Å². The fourth-order valence-corrected chi connectivity index (χ4v) is 4.87. The monoisotopic (exact) mass is 402 g/mol. The number of allylic oxidation sites excluding steroid dienone is 2. The summed E-state index contributed by atoms with van der Waals surface area (Å²) in [6.07, 6.45) is 6.83. The summed E-state index contributed by atoms with van der Waals surface area (Å²) in [5.41, 5.74) is 0.711. The molecule has 0 heterocycles. The number of rotatable bonds is 5. The summed E-state index contributed by atoms with van der Waals surface area (Å²) in [5.74, 6) is -1.89. The molecule has 0 aromatic heterocycles. The predicted octanol–water partition coefficient (Wildman–Crippen LogP) is 7.65. The van der Waals surface area contributed by atoms with Gasteiger partial charge in [0, 0.05) is 5.56 Å². The Morgan fingerprint density at radius 2 is 1.68 bits per heavy atom. The van der Waals surface area contributed by atoms with Crippen LogP contribution in [0.25, 0.3) is 5.57 Å². The van der Waals surface area contributed by atoms with Crippen LogP contribution >= 0.6 is 0 Å². The average Bonchev–Trinajstić information content (AvgIpc) is 2.66. The maximum Gasteiger partial charge on any atom is 0.573 e. The van der Waals surface area contributed by atoms with Crippen molar-refractivity contribution in [2.24, 2.45) is 17.8 Å². The Kier molecular flexibility index (Phi) is 6.66. The molecule has 1 unspecified atom stereocenters. The van der Waals surface area contributed by atoms with Gasteiger partial charge in [-0.3, -0.25) is 0 Å². The SMILES string of the molecule is CCCC1CCC(C2CC=C(c3ccc(OC(F)(F)F)c(F)c3F)CC2)CC1. The summed E-state index contributed by atoms with van der Waals surface area (Å²) in [6.45, 7) is 2.23. The first kappa shape index (κ1) is 21.1. The smallest absolute Gasteiger partial charge is 0.403 e. The molecule has 1 fully saturated rings. The number of benzene rings is 1. The largest absolute Gasteiger partial charge is 0.573 e. The maximum absolute atomic E-state index is 14.3. The van der Waals surface area contributed by atoms with Gasteiger partial charge in [-0.25, -0.2) is 4.39 Å². The lowest BCUT2D eigenvalue weighted by Gasteiger charge is -2.35. The van der Waals surface area contributed by atoms with Gasteiger partial charge in [0.2, 0.25) is 5.82 Å². The molecular weight excluding hydrogens is 375 g/mol. The van der Waals surface area contributed by atoms with Crippen LogP contribution in [0.3, 0.4) is 0 Å². The summed E-state index contributed by atoms with van der Waals surface area (Å²) in [6, 6.07) is 2.03. The van der Waals surface area contributed by atoms with Gasteiger partial charge >= 0.3 is 6.36 Å². The molecule has 6 heteroatoms. The molecule has 1 atom stereocenters. The zero-order chi connectivity index (χ0) is 20.3. The zero-order valence-electron chi connectivity index (χ0n) is 16.1. The van der Waals surface area contributed by atoms with Crippen molar-refractivity contribution in [1.29, 1.82) is 0 Å². The minimum Gasteiger partial charge on any atom is -0.403 e. The summed E-state index contributed by atoms with van der Waals surface area (Å²) in [5, 5.41) is 0. The molecule has 1 nitrogen and oxygen atoms in total. The summed E-state index contributed by atoms with van der Waals surface area (Å²) >= 11 is 0. The molecule has 0 radical (unpaired) electrons. The quantitative estimate of drug-likeness (QED) is 0.460. The van der Waals surface area contributed by atoms with Crippen LogP contribution in [-0.4, -0.2) is 6.36 Å². The lowest BCUT2D eigenvalue weighted by atomic mass is 9.70. The van der Waals surface area contributed by atoms with Crippen molar-refractivity contribution in [3.63, 3.8) is 0 Å². The molecular formula is C22H27F5O. The standard InChI is InChI=1S/C22H27F5O/c1-2-3-14-4-6-15(7-5-14)16-8-10-17(11-9-16)18-12-13-19(21(24)20(18)23)28-22(25,26)27/h10,12-16H,2-9,11H2,1H3. The Morgan fingerprint density at radius 3 is 2.25 bits per heavy atom. The van der Waals surface area contributed by atoms with Crippen LogP contribution in [0.5, 0.6) is 5.75 Å². The highest BCUT2D eigenvalue weighted by atomic mass is 19.4. The Morgan fingerprint density at radius 1 is 0.964 bits per heavy atom. The van der Waals surface area contributed by atoms with Gasteiger partial charge in [0.25, 0.3) is 0 Å². The minimum atomic E-state index is -5.05. The third-order valence-electron chi connectivity index (χ3n) is 6.32. The fraction of sp³-hybridized carbons (Fsp3) is 0.636. The van der Waals surface area contributed by atoms with Gasteiger partial charge in [-0.2, -0.15) is 4.39 Å². The van der Waals surface area contributed by atoms with Crippen LogP contribution in [0.1, 0.15) is 70.3 Å². The fourth-order valence-electron chi connectivity index (χ4n) is 4.87. The minimum absolute atomic E-state index is 0.0390. The van der Waals surface area contributed by atoms with Gasteiger partial charge in [-0.05, 0) is 67.6 Å². The Bertz CT molecular complexity index is 702. The van der Waals surface area contributed by atoms with Crippen molar-refractivity contribution in [2.75, 3.05) is 0 Å². The van der Waals surface area contributed by atoms with E-state index in [0.29, 0.717) is 23.8 Å². The van der Waals surface area contributed by atoms with Crippen molar-refractivity contribution < 1.29 is 26.7 Å². The molecule has 0 spiro atoms. The first-order valence-corrected chi connectivity index (χ1v) is 10.2. The molecule has 1 aromatic rings. The van der Waals surface area contributed by atoms with E-state index in [-0.39, 0.29) is 5.56 Å². The number of hydrogen-bond acceptors (Lipinski definition) is 1. The van der Waals surface area contributed by atoms with E-state index in [2.05, 4.69) is 11.7 Å². The molecule has 0 amide bonds. The summed E-state index contributed by atoms with van der Waals surface area (Å²) in [7, 11) is 0. The Labute approximate surface area is 163 Å². The lowest BCUT2D eigenvalue weighted by Crippen LogP contribution is -2.23. The molecule has 0 bridgehead atoms. The van der Waals surface area contributed by atoms with Crippen molar-refractivity contribution in [3.05, 3.63) is 35.4 Å². The maximum atomic E-state index is 14.3. The number of ether oxygens (including phenoxy) is 1. The Hall–Kier alpha value is -1.59. The van der Waals surface area contributed by atoms with Crippen LogP contribution in [0.2, 0.25) is 0 Å². The summed E-state index contributed by atoms with van der Waals surface area (Å²) in [4.78, 5) is 0. The molecule has 0 N–H and O–H groups in total. The highest BCUT2D eigenvalue weighted by Gasteiger charge is 2.34. The topological polar surface area (TPSA) is 9.23 Å². The van der Waals surface area contributed by atoms with E-state index in [1.165, 1.54) is 44.6 Å². The van der Waals surface area contributed by atoms with E-state index in [1.807, 2.05) is 6.08 Å². The normalized spacial score (nSPS) is 26.1. The number of halogens is 5. The van der Waals surface area contributed by atoms with Gasteiger partial charge in [0.05, 0.1) is 0 Å². The van der Waals surface area contributed by atoms with E-state index >= 15 is 0 Å². The second-order valence-electron chi connectivity index (χ2n) is 8.12. The molecule has 0 aliphatic heterocycles. The van der Waals surface area contributed by atoms with Gasteiger partial charge in [0.15, 0.2) is 11.6 Å². The van der Waals surface area contributed by atoms with Crippen LogP contribution in [0.15, 0.2) is 18.2 Å². The van der Waals surface area contributed by atoms with Gasteiger partial charge in [0.1, 0.15) is 0 Å². The molecule has 1 saturated carbocycles. The molecule has 1 aromatic carbocycles. The third kappa shape index (κ3) is 5.06. The van der Waals surface area contributed by atoms with Crippen LogP contribution < -0.4 is 4.74 Å². The predicted molar refractivity (Wildman–Crippen MR) is 98.7 cm³/mol. The molecule has 28 heavy (non-hydrogen) atoms. The van der Waals surface area contributed by atoms with Crippen LogP contribution in [-0.2, 0) is 0 Å². The Balaban J connectivity index is 1.64. The average molecular weight is 402 g/mol. The summed E-state index contributed by atoms with van der Waals surface area (Å²) < 4.78 is 68.7. The first-order valence-electron chi connectivity index (χ1n) is 10.2. The van der Waals surface area contributed by atoms with Crippen LogP contribution in [0.4, 0.5) is 22.0 Å². The molecule has 2 aliphatic rings. The van der Waals surface area contributed by atoms with Crippen molar-refractivity contribution in [1.82, 2.24) is 0 Å². The van der Waals surface area contributed by atoms with Gasteiger partial charge in [-0.15, -0.1) is 13.2 Å². The van der Waals surface area contributed by atoms with Crippen molar-refractivity contribution in [3.8, 4) is 5.75 Å². The highest BCUT2D eigenvalue weighted by molar-refractivity contribution is 5.67. The van der Waals surface area contributed by atoms with E-state index < -0.39 is 23.7 Å². The lowest BCUT2D eigenvalue weighted by molar-refractivity contribution is -0.275. The van der Waals surface area contributed by atoms with E-state index in [4.69, 9.17) is 0 Å². The zero-order valence-corrected chi connectivity index (χ0v) is 16.1.